The third-order valence-electron chi connectivity index (χ3n) is 2.87. The Bertz CT molecular complexity index is 679. The Hall–Kier alpha value is -1.18. The minimum atomic E-state index is -0.511. The van der Waals surface area contributed by atoms with Gasteiger partial charge >= 0.3 is 0 Å². The molecule has 2 aromatic carbocycles. The molecule has 0 aromatic heterocycles. The second-order valence-electron chi connectivity index (χ2n) is 4.34. The molecule has 0 aliphatic rings. The highest BCUT2D eigenvalue weighted by Crippen LogP contribution is 2.20. The minimum absolute atomic E-state index is 0.214. The van der Waals surface area contributed by atoms with E-state index in [1.165, 1.54) is 0 Å². The maximum atomic E-state index is 12.4. The second kappa shape index (κ2) is 7.20. The van der Waals surface area contributed by atoms with Crippen LogP contribution in [0.2, 0.25) is 5.02 Å². The van der Waals surface area contributed by atoms with Gasteiger partial charge in [-0.3, -0.25) is 4.79 Å². The van der Waals surface area contributed by atoms with Crippen molar-refractivity contribution >= 4 is 57.3 Å². The molecule has 0 heterocycles. The van der Waals surface area contributed by atoms with E-state index in [1.807, 2.05) is 30.3 Å². The average Bonchev–Trinajstić information content (AvgIpc) is 2.47. The molecule has 2 rings (SSSR count). The molecule has 108 valence electrons. The molecule has 0 bridgehead atoms. The predicted molar refractivity (Wildman–Crippen MR) is 97.6 cm³/mol. The average molecular weight is 431 g/mol. The highest BCUT2D eigenvalue weighted by Gasteiger charge is 2.19. The van der Waals surface area contributed by atoms with Gasteiger partial charge in [0.05, 0.1) is 5.56 Å². The number of carbonyl (C=O) groups excluding carboxylic acids is 1. The molecule has 3 nitrogen and oxygen atoms in total. The number of halogens is 2. The number of amides is 1. The lowest BCUT2D eigenvalue weighted by Crippen LogP contribution is -2.36. The Morgan fingerprint density at radius 1 is 1.24 bits per heavy atom. The molecule has 21 heavy (non-hydrogen) atoms. The maximum absolute atomic E-state index is 12.4. The summed E-state index contributed by atoms with van der Waals surface area (Å²) in [4.78, 5) is 12.6. The summed E-state index contributed by atoms with van der Waals surface area (Å²) in [6.07, 6.45) is 0. The number of rotatable bonds is 4. The van der Waals surface area contributed by atoms with Gasteiger partial charge in [-0.1, -0.05) is 54.2 Å². The zero-order valence-corrected chi connectivity index (χ0v) is 14.6. The first-order chi connectivity index (χ1) is 9.99. The normalized spacial score (nSPS) is 11.7. The van der Waals surface area contributed by atoms with Gasteiger partial charge in [-0.05, 0) is 46.4 Å². The lowest BCUT2D eigenvalue weighted by molar-refractivity contribution is 0.0946. The van der Waals surface area contributed by atoms with E-state index in [-0.39, 0.29) is 10.9 Å². The molecule has 1 atom stereocenters. The molecule has 0 saturated carbocycles. The highest BCUT2D eigenvalue weighted by molar-refractivity contribution is 14.1. The molecule has 0 saturated heterocycles. The highest BCUT2D eigenvalue weighted by atomic mass is 127. The van der Waals surface area contributed by atoms with Gasteiger partial charge in [0.2, 0.25) is 0 Å². The van der Waals surface area contributed by atoms with Gasteiger partial charge in [0.1, 0.15) is 11.0 Å². The Balaban J connectivity index is 2.27. The summed E-state index contributed by atoms with van der Waals surface area (Å²) >= 11 is 13.1. The molecule has 0 radical (unpaired) electrons. The lowest BCUT2D eigenvalue weighted by atomic mass is 10.1. The number of hydrogen-bond acceptors (Lipinski definition) is 2. The number of nitrogens with two attached hydrogens (primary N) is 1. The van der Waals surface area contributed by atoms with Gasteiger partial charge in [-0.25, -0.2) is 0 Å². The summed E-state index contributed by atoms with van der Waals surface area (Å²) in [6.45, 7) is 0. The second-order valence-corrected chi connectivity index (χ2v) is 6.41. The molecule has 3 N–H and O–H groups in total. The van der Waals surface area contributed by atoms with Crippen molar-refractivity contribution in [3.63, 3.8) is 0 Å². The van der Waals surface area contributed by atoms with E-state index in [0.29, 0.717) is 10.6 Å². The molecule has 1 unspecified atom stereocenters. The van der Waals surface area contributed by atoms with Crippen molar-refractivity contribution in [1.82, 2.24) is 5.32 Å². The first-order valence-corrected chi connectivity index (χ1v) is 7.95. The van der Waals surface area contributed by atoms with Gasteiger partial charge in [0.25, 0.3) is 5.91 Å². The van der Waals surface area contributed by atoms with Crippen LogP contribution in [0.3, 0.4) is 0 Å². The van der Waals surface area contributed by atoms with Gasteiger partial charge in [0.15, 0.2) is 0 Å². The molecule has 1 amide bonds. The zero-order chi connectivity index (χ0) is 15.4. The topological polar surface area (TPSA) is 55.1 Å². The molecule has 2 aromatic rings. The van der Waals surface area contributed by atoms with Crippen LogP contribution in [0.1, 0.15) is 22.0 Å². The summed E-state index contributed by atoms with van der Waals surface area (Å²) in [7, 11) is 0. The van der Waals surface area contributed by atoms with Crippen molar-refractivity contribution in [3.8, 4) is 0 Å². The smallest absolute Gasteiger partial charge is 0.253 e. The van der Waals surface area contributed by atoms with E-state index in [2.05, 4.69) is 27.9 Å². The molecule has 0 aliphatic heterocycles. The predicted octanol–water partition coefficient (Wildman–Crippen LogP) is 3.70. The Labute approximate surface area is 147 Å². The standard InChI is InChI=1S/C15H12ClIN2OS/c16-10-6-7-12(17)11(8-10)15(20)19-13(14(18)21)9-4-2-1-3-5-9/h1-8,13H,(H2,18,21)(H,19,20). The monoisotopic (exact) mass is 430 g/mol. The molecule has 6 heteroatoms. The van der Waals surface area contributed by atoms with Crippen molar-refractivity contribution in [2.24, 2.45) is 5.73 Å². The van der Waals surface area contributed by atoms with Crippen molar-refractivity contribution in [1.29, 1.82) is 0 Å². The van der Waals surface area contributed by atoms with E-state index >= 15 is 0 Å². The van der Waals surface area contributed by atoms with Gasteiger partial charge < -0.3 is 11.1 Å². The van der Waals surface area contributed by atoms with Crippen LogP contribution in [0.5, 0.6) is 0 Å². The van der Waals surface area contributed by atoms with E-state index in [0.717, 1.165) is 9.13 Å². The van der Waals surface area contributed by atoms with Crippen LogP contribution < -0.4 is 11.1 Å². The fourth-order valence-electron chi connectivity index (χ4n) is 1.84. The van der Waals surface area contributed by atoms with Gasteiger partial charge in [0, 0.05) is 8.59 Å². The van der Waals surface area contributed by atoms with Gasteiger partial charge in [-0.15, -0.1) is 0 Å². The van der Waals surface area contributed by atoms with Crippen LogP contribution in [-0.2, 0) is 0 Å². The van der Waals surface area contributed by atoms with Crippen molar-refractivity contribution in [2.75, 3.05) is 0 Å². The molecular formula is C15H12ClIN2OS. The summed E-state index contributed by atoms with van der Waals surface area (Å²) in [6, 6.07) is 14.0. The van der Waals surface area contributed by atoms with Crippen LogP contribution in [0, 0.1) is 3.57 Å². The largest absolute Gasteiger partial charge is 0.391 e. The van der Waals surface area contributed by atoms with Crippen LogP contribution >= 0.6 is 46.4 Å². The van der Waals surface area contributed by atoms with Crippen LogP contribution in [0.4, 0.5) is 0 Å². The van der Waals surface area contributed by atoms with Crippen molar-refractivity contribution in [3.05, 3.63) is 68.3 Å². The fourth-order valence-corrected chi connectivity index (χ4v) is 2.79. The first kappa shape index (κ1) is 16.2. The van der Waals surface area contributed by atoms with E-state index in [1.54, 1.807) is 18.2 Å². The number of hydrogen-bond donors (Lipinski definition) is 2. The third-order valence-corrected chi connectivity index (χ3v) is 4.28. The van der Waals surface area contributed by atoms with Crippen LogP contribution in [-0.4, -0.2) is 10.9 Å². The molecule has 0 spiro atoms. The van der Waals surface area contributed by atoms with Crippen LogP contribution in [0.25, 0.3) is 0 Å². The quantitative estimate of drug-likeness (QED) is 0.574. The summed E-state index contributed by atoms with van der Waals surface area (Å²) < 4.78 is 0.809. The van der Waals surface area contributed by atoms with E-state index in [4.69, 9.17) is 29.6 Å². The number of carbonyl (C=O) groups is 1. The molecular weight excluding hydrogens is 419 g/mol. The lowest BCUT2D eigenvalue weighted by Gasteiger charge is -2.18. The minimum Gasteiger partial charge on any atom is -0.391 e. The Morgan fingerprint density at radius 3 is 2.52 bits per heavy atom. The van der Waals surface area contributed by atoms with Crippen molar-refractivity contribution in [2.45, 2.75) is 6.04 Å². The first-order valence-electron chi connectivity index (χ1n) is 6.09. The van der Waals surface area contributed by atoms with Crippen LogP contribution in [0.15, 0.2) is 48.5 Å². The third kappa shape index (κ3) is 4.15. The Morgan fingerprint density at radius 2 is 1.90 bits per heavy atom. The van der Waals surface area contributed by atoms with Crippen molar-refractivity contribution < 1.29 is 4.79 Å². The number of benzene rings is 2. The van der Waals surface area contributed by atoms with E-state index < -0.39 is 6.04 Å². The summed E-state index contributed by atoms with van der Waals surface area (Å²) in [5, 5.41) is 3.36. The number of nitrogens with one attached hydrogen (secondary N) is 1. The zero-order valence-electron chi connectivity index (χ0n) is 10.8. The van der Waals surface area contributed by atoms with E-state index in [9.17, 15) is 4.79 Å². The Kier molecular flexibility index (Phi) is 5.55. The summed E-state index contributed by atoms with van der Waals surface area (Å²) in [5.41, 5.74) is 7.10. The number of thiocarbonyl (C=S) groups is 1. The SMILES string of the molecule is NC(=S)C(NC(=O)c1cc(Cl)ccc1I)c1ccccc1. The fraction of sp³-hybridized carbons (Fsp3) is 0.0667. The molecule has 0 fully saturated rings. The summed E-state index contributed by atoms with van der Waals surface area (Å²) in [5.74, 6) is -0.261. The van der Waals surface area contributed by atoms with Gasteiger partial charge in [-0.2, -0.15) is 0 Å². The molecule has 0 aliphatic carbocycles. The maximum Gasteiger partial charge on any atom is 0.253 e.